The fraction of sp³-hybridized carbons (Fsp3) is 0.0526. The van der Waals surface area contributed by atoms with E-state index < -0.39 is 0 Å². The second-order valence-electron chi connectivity index (χ2n) is 5.76. The molecular weight excluding hydrogens is 366 g/mol. The molecule has 0 aliphatic carbocycles. The average Bonchev–Trinajstić information content (AvgIpc) is 3.45. The van der Waals surface area contributed by atoms with E-state index in [9.17, 15) is 5.11 Å². The summed E-state index contributed by atoms with van der Waals surface area (Å²) >= 11 is 3.22. The van der Waals surface area contributed by atoms with Crippen molar-refractivity contribution in [2.45, 2.75) is 6.42 Å². The second kappa shape index (κ2) is 6.12. The number of hydrogen-bond donors (Lipinski definition) is 1. The van der Waals surface area contributed by atoms with Crippen LogP contribution in [0.3, 0.4) is 0 Å². The van der Waals surface area contributed by atoms with Gasteiger partial charge < -0.3 is 9.52 Å². The number of fused-ring (bicyclic) bond motifs is 1. The molecule has 5 heterocycles. The van der Waals surface area contributed by atoms with E-state index >= 15 is 0 Å². The number of hydrogen-bond acceptors (Lipinski definition) is 6. The molecular formula is C19H13N3O2S2. The Morgan fingerprint density at radius 2 is 1.81 bits per heavy atom. The highest BCUT2D eigenvalue weighted by Crippen LogP contribution is 2.34. The van der Waals surface area contributed by atoms with Crippen LogP contribution in [0.25, 0.3) is 26.8 Å². The minimum Gasteiger partial charge on any atom is -0.493 e. The molecule has 0 aromatic carbocycles. The van der Waals surface area contributed by atoms with Crippen molar-refractivity contribution >= 4 is 28.3 Å². The molecule has 7 heteroatoms. The van der Waals surface area contributed by atoms with Crippen molar-refractivity contribution in [2.75, 3.05) is 0 Å². The lowest BCUT2D eigenvalue weighted by Crippen LogP contribution is -1.94. The van der Waals surface area contributed by atoms with Crippen molar-refractivity contribution in [1.29, 1.82) is 0 Å². The van der Waals surface area contributed by atoms with Crippen molar-refractivity contribution in [1.82, 2.24) is 14.4 Å². The molecule has 0 aliphatic heterocycles. The molecule has 5 nitrogen and oxygen atoms in total. The van der Waals surface area contributed by atoms with Gasteiger partial charge in [-0.1, -0.05) is 12.1 Å². The van der Waals surface area contributed by atoms with Crippen LogP contribution in [0.15, 0.2) is 64.0 Å². The maximum absolute atomic E-state index is 10.8. The van der Waals surface area contributed by atoms with Gasteiger partial charge in [0, 0.05) is 6.20 Å². The van der Waals surface area contributed by atoms with Crippen LogP contribution in [-0.2, 0) is 6.42 Å². The number of thiophene rings is 2. The predicted molar refractivity (Wildman–Crippen MR) is 103 cm³/mol. The standard InChI is InChI=1S/C19H13N3O2S2/c23-19-13(10-12-4-1-7-24-12)21-18-17(16-6-3-9-26-16)20-14(11-22(18)19)15-5-2-8-25-15/h1-9,11,23H,10H2. The van der Waals surface area contributed by atoms with Crippen LogP contribution >= 0.6 is 22.7 Å². The molecule has 5 aromatic rings. The third-order valence-electron chi connectivity index (χ3n) is 4.10. The smallest absolute Gasteiger partial charge is 0.219 e. The summed E-state index contributed by atoms with van der Waals surface area (Å²) in [5, 5.41) is 14.8. The zero-order valence-corrected chi connectivity index (χ0v) is 15.1. The van der Waals surface area contributed by atoms with Gasteiger partial charge in [0.05, 0.1) is 28.1 Å². The number of imidazole rings is 1. The average molecular weight is 379 g/mol. The van der Waals surface area contributed by atoms with Crippen LogP contribution in [0.1, 0.15) is 11.5 Å². The molecule has 0 atom stereocenters. The SMILES string of the molecule is Oc1c(Cc2ccco2)nc2c(-c3cccs3)nc(-c3cccs3)cn12. The molecule has 0 fully saturated rings. The van der Waals surface area contributed by atoms with Crippen LogP contribution in [0, 0.1) is 0 Å². The van der Waals surface area contributed by atoms with Gasteiger partial charge in [-0.15, -0.1) is 22.7 Å². The van der Waals surface area contributed by atoms with Crippen molar-refractivity contribution in [3.63, 3.8) is 0 Å². The Hall–Kier alpha value is -2.90. The molecule has 0 radical (unpaired) electrons. The molecule has 0 spiro atoms. The van der Waals surface area contributed by atoms with Crippen molar-refractivity contribution in [3.8, 4) is 27.0 Å². The lowest BCUT2D eigenvalue weighted by Gasteiger charge is -2.05. The van der Waals surface area contributed by atoms with Gasteiger partial charge in [0.25, 0.3) is 0 Å². The number of furan rings is 1. The van der Waals surface area contributed by atoms with Crippen LogP contribution in [0.2, 0.25) is 0 Å². The number of aromatic nitrogens is 3. The largest absolute Gasteiger partial charge is 0.493 e. The Bertz CT molecular complexity index is 1160. The van der Waals surface area contributed by atoms with Gasteiger partial charge in [-0.05, 0) is 35.0 Å². The monoisotopic (exact) mass is 379 g/mol. The summed E-state index contributed by atoms with van der Waals surface area (Å²) in [4.78, 5) is 11.6. The summed E-state index contributed by atoms with van der Waals surface area (Å²) in [5.41, 5.74) is 2.80. The van der Waals surface area contributed by atoms with E-state index in [0.29, 0.717) is 17.8 Å². The summed E-state index contributed by atoms with van der Waals surface area (Å²) in [6.45, 7) is 0. The zero-order chi connectivity index (χ0) is 17.5. The van der Waals surface area contributed by atoms with E-state index in [1.807, 2.05) is 53.4 Å². The summed E-state index contributed by atoms with van der Waals surface area (Å²) in [5.74, 6) is 0.877. The minimum atomic E-state index is 0.120. The van der Waals surface area contributed by atoms with Gasteiger partial charge in [0.1, 0.15) is 17.1 Å². The quantitative estimate of drug-likeness (QED) is 0.473. The Kier molecular flexibility index (Phi) is 3.62. The fourth-order valence-corrected chi connectivity index (χ4v) is 4.29. The summed E-state index contributed by atoms with van der Waals surface area (Å²) in [7, 11) is 0. The first-order valence-electron chi connectivity index (χ1n) is 8.00. The highest BCUT2D eigenvalue weighted by molar-refractivity contribution is 7.14. The summed E-state index contributed by atoms with van der Waals surface area (Å²) < 4.78 is 7.12. The number of rotatable bonds is 4. The Morgan fingerprint density at radius 3 is 2.50 bits per heavy atom. The highest BCUT2D eigenvalue weighted by Gasteiger charge is 2.19. The van der Waals surface area contributed by atoms with Gasteiger partial charge in [-0.2, -0.15) is 0 Å². The summed E-state index contributed by atoms with van der Waals surface area (Å²) in [6.07, 6.45) is 3.89. The molecule has 0 saturated heterocycles. The van der Waals surface area contributed by atoms with E-state index in [4.69, 9.17) is 9.40 Å². The predicted octanol–water partition coefficient (Wildman–Crippen LogP) is 5.08. The maximum Gasteiger partial charge on any atom is 0.219 e. The lowest BCUT2D eigenvalue weighted by molar-refractivity contribution is 0.438. The molecule has 0 unspecified atom stereocenters. The first-order valence-corrected chi connectivity index (χ1v) is 9.76. The molecule has 0 saturated carbocycles. The second-order valence-corrected chi connectivity index (χ2v) is 7.66. The molecule has 0 aliphatic rings. The first-order chi connectivity index (χ1) is 12.8. The van der Waals surface area contributed by atoms with E-state index in [1.165, 1.54) is 0 Å². The van der Waals surface area contributed by atoms with E-state index in [2.05, 4.69) is 4.98 Å². The van der Waals surface area contributed by atoms with Gasteiger partial charge in [0.15, 0.2) is 5.65 Å². The Labute approximate surface area is 156 Å². The molecule has 128 valence electrons. The maximum atomic E-state index is 10.8. The van der Waals surface area contributed by atoms with E-state index in [0.717, 1.165) is 26.9 Å². The van der Waals surface area contributed by atoms with Gasteiger partial charge >= 0.3 is 0 Å². The zero-order valence-electron chi connectivity index (χ0n) is 13.5. The first kappa shape index (κ1) is 15.4. The molecule has 5 rings (SSSR count). The third-order valence-corrected chi connectivity index (χ3v) is 5.87. The van der Waals surface area contributed by atoms with E-state index in [1.54, 1.807) is 33.3 Å². The molecule has 1 N–H and O–H groups in total. The number of aromatic hydroxyl groups is 1. The van der Waals surface area contributed by atoms with Crippen LogP contribution in [-0.4, -0.2) is 19.5 Å². The minimum absolute atomic E-state index is 0.120. The van der Waals surface area contributed by atoms with Crippen LogP contribution in [0.4, 0.5) is 0 Å². The molecule has 5 aromatic heterocycles. The normalized spacial score (nSPS) is 11.4. The molecule has 26 heavy (non-hydrogen) atoms. The van der Waals surface area contributed by atoms with Crippen LogP contribution in [0.5, 0.6) is 5.88 Å². The third kappa shape index (κ3) is 2.53. The molecule has 0 bridgehead atoms. The Balaban J connectivity index is 1.74. The lowest BCUT2D eigenvalue weighted by atomic mass is 10.2. The van der Waals surface area contributed by atoms with Gasteiger partial charge in [-0.25, -0.2) is 9.97 Å². The van der Waals surface area contributed by atoms with Crippen LogP contribution < -0.4 is 0 Å². The highest BCUT2D eigenvalue weighted by atomic mass is 32.1. The topological polar surface area (TPSA) is 63.6 Å². The Morgan fingerprint density at radius 1 is 1.00 bits per heavy atom. The fourth-order valence-electron chi connectivity index (χ4n) is 2.90. The number of nitrogens with zero attached hydrogens (tertiary/aromatic N) is 3. The van der Waals surface area contributed by atoms with Crippen molar-refractivity contribution in [2.24, 2.45) is 0 Å². The van der Waals surface area contributed by atoms with Gasteiger partial charge in [-0.3, -0.25) is 4.40 Å². The van der Waals surface area contributed by atoms with E-state index in [-0.39, 0.29) is 5.88 Å². The summed E-state index contributed by atoms with van der Waals surface area (Å²) in [6, 6.07) is 11.7. The van der Waals surface area contributed by atoms with Gasteiger partial charge in [0.2, 0.25) is 5.88 Å². The van der Waals surface area contributed by atoms with Crippen molar-refractivity contribution in [3.05, 3.63) is 71.1 Å². The van der Waals surface area contributed by atoms with Crippen molar-refractivity contribution < 1.29 is 9.52 Å². The molecule has 0 amide bonds.